The van der Waals surface area contributed by atoms with Crippen molar-refractivity contribution >= 4 is 9.39 Å². The van der Waals surface area contributed by atoms with Crippen LogP contribution in [0.1, 0.15) is 33.6 Å². The Morgan fingerprint density at radius 1 is 1.36 bits per heavy atom. The van der Waals surface area contributed by atoms with Crippen LogP contribution in [0, 0.1) is 0 Å². The third-order valence-electron chi connectivity index (χ3n) is 1.81. The van der Waals surface area contributed by atoms with Gasteiger partial charge in [0.2, 0.25) is 0 Å². The zero-order valence-electron chi connectivity index (χ0n) is 7.88. The van der Waals surface area contributed by atoms with E-state index < -0.39 is 0 Å². The molecule has 0 radical (unpaired) electrons. The van der Waals surface area contributed by atoms with E-state index in [0.717, 1.165) is 19.4 Å². The van der Waals surface area contributed by atoms with E-state index in [9.17, 15) is 0 Å². The zero-order chi connectivity index (χ0) is 8.69. The Bertz CT molecular complexity index is 112. The summed E-state index contributed by atoms with van der Waals surface area (Å²) in [6, 6.07) is 0.646. The van der Waals surface area contributed by atoms with E-state index in [1.807, 2.05) is 0 Å². The van der Waals surface area contributed by atoms with Crippen LogP contribution in [0.3, 0.4) is 0 Å². The second kappa shape index (κ2) is 6.82. The number of hydrogen-bond acceptors (Lipinski definition) is 1. The molecule has 1 nitrogen and oxygen atoms in total. The monoisotopic (exact) mass is 173 g/mol. The maximum Gasteiger partial charge on any atom is 0.0135 e. The van der Waals surface area contributed by atoms with Gasteiger partial charge in [0, 0.05) is 6.04 Å². The highest BCUT2D eigenvalue weighted by Gasteiger charge is 2.03. The summed E-state index contributed by atoms with van der Waals surface area (Å²) in [5.41, 5.74) is 0. The van der Waals surface area contributed by atoms with Crippen LogP contribution in [0.25, 0.3) is 0 Å². The fourth-order valence-corrected chi connectivity index (χ4v) is 1.03. The van der Waals surface area contributed by atoms with Crippen LogP contribution in [0.5, 0.6) is 0 Å². The molecule has 0 saturated carbocycles. The van der Waals surface area contributed by atoms with Crippen LogP contribution >= 0.6 is 9.39 Å². The molecule has 2 heteroatoms. The fourth-order valence-electron chi connectivity index (χ4n) is 0.907. The van der Waals surface area contributed by atoms with Gasteiger partial charge in [-0.3, -0.25) is 4.67 Å². The van der Waals surface area contributed by atoms with E-state index >= 15 is 0 Å². The molecule has 0 rings (SSSR count). The lowest BCUT2D eigenvalue weighted by atomic mass is 10.2. The van der Waals surface area contributed by atoms with Crippen LogP contribution in [0.15, 0.2) is 12.2 Å². The van der Waals surface area contributed by atoms with Gasteiger partial charge in [-0.1, -0.05) is 35.4 Å². The van der Waals surface area contributed by atoms with Crippen LogP contribution in [-0.4, -0.2) is 17.3 Å². The van der Waals surface area contributed by atoms with E-state index in [1.165, 1.54) is 0 Å². The summed E-state index contributed by atoms with van der Waals surface area (Å²) in [6.45, 7) is 7.69. The van der Waals surface area contributed by atoms with Crippen molar-refractivity contribution < 1.29 is 0 Å². The topological polar surface area (TPSA) is 3.24 Å². The molecule has 0 heterocycles. The highest BCUT2D eigenvalue weighted by molar-refractivity contribution is 7.13. The smallest absolute Gasteiger partial charge is 0.0135 e. The van der Waals surface area contributed by atoms with Crippen molar-refractivity contribution in [1.29, 1.82) is 0 Å². The maximum atomic E-state index is 2.76. The predicted octanol–water partition coefficient (Wildman–Crippen LogP) is 2.84. The molecular weight excluding hydrogens is 153 g/mol. The van der Waals surface area contributed by atoms with Gasteiger partial charge in [0.1, 0.15) is 0 Å². The van der Waals surface area contributed by atoms with Crippen molar-refractivity contribution in [1.82, 2.24) is 4.67 Å². The van der Waals surface area contributed by atoms with Gasteiger partial charge in [-0.2, -0.15) is 0 Å². The van der Waals surface area contributed by atoms with Gasteiger partial charge in [-0.25, -0.2) is 0 Å². The molecule has 0 spiro atoms. The first-order chi connectivity index (χ1) is 5.22. The van der Waals surface area contributed by atoms with Crippen molar-refractivity contribution in [2.24, 2.45) is 0 Å². The SMILES string of the molecule is CCC=CCC(C)N(P)CC. The first kappa shape index (κ1) is 11.1. The highest BCUT2D eigenvalue weighted by Crippen LogP contribution is 2.09. The third-order valence-corrected chi connectivity index (χ3v) is 2.68. The zero-order valence-corrected chi connectivity index (χ0v) is 9.03. The molecule has 0 bridgehead atoms. The standard InChI is InChI=1S/C9H20NP/c1-4-6-7-8-9(3)10(11)5-2/h6-7,9H,4-5,8,11H2,1-3H3. The largest absolute Gasteiger partial charge is 0.285 e. The Hall–Kier alpha value is 0.130. The summed E-state index contributed by atoms with van der Waals surface area (Å²) < 4.78 is 2.28. The Labute approximate surface area is 73.1 Å². The third kappa shape index (κ3) is 5.41. The summed E-state index contributed by atoms with van der Waals surface area (Å²) in [5, 5.41) is 0. The summed E-state index contributed by atoms with van der Waals surface area (Å²) >= 11 is 0. The number of nitrogens with zero attached hydrogens (tertiary/aromatic N) is 1. The minimum absolute atomic E-state index is 0.646. The van der Waals surface area contributed by atoms with Gasteiger partial charge < -0.3 is 0 Å². The van der Waals surface area contributed by atoms with Gasteiger partial charge in [-0.15, -0.1) is 0 Å². The van der Waals surface area contributed by atoms with Crippen LogP contribution in [0.2, 0.25) is 0 Å². The molecule has 0 amide bonds. The van der Waals surface area contributed by atoms with E-state index in [1.54, 1.807) is 0 Å². The summed E-state index contributed by atoms with van der Waals surface area (Å²) in [5.74, 6) is 0. The first-order valence-corrected chi connectivity index (χ1v) is 4.90. The lowest BCUT2D eigenvalue weighted by molar-refractivity contribution is 0.391. The molecule has 2 atom stereocenters. The van der Waals surface area contributed by atoms with Gasteiger partial charge in [0.05, 0.1) is 0 Å². The minimum Gasteiger partial charge on any atom is -0.285 e. The normalized spacial score (nSPS) is 14.6. The molecule has 2 unspecified atom stereocenters. The summed E-state index contributed by atoms with van der Waals surface area (Å²) in [7, 11) is 2.76. The molecule has 0 aromatic heterocycles. The lowest BCUT2D eigenvalue weighted by Crippen LogP contribution is -2.22. The average molecular weight is 173 g/mol. The molecule has 11 heavy (non-hydrogen) atoms. The predicted molar refractivity (Wildman–Crippen MR) is 55.6 cm³/mol. The Kier molecular flexibility index (Phi) is 6.90. The van der Waals surface area contributed by atoms with Crippen molar-refractivity contribution in [2.75, 3.05) is 6.54 Å². The highest BCUT2D eigenvalue weighted by atomic mass is 31.0. The van der Waals surface area contributed by atoms with E-state index in [0.29, 0.717) is 6.04 Å². The maximum absolute atomic E-state index is 2.76. The van der Waals surface area contributed by atoms with Crippen LogP contribution in [-0.2, 0) is 0 Å². The molecule has 0 saturated heterocycles. The molecule has 66 valence electrons. The van der Waals surface area contributed by atoms with Crippen LogP contribution in [0.4, 0.5) is 0 Å². The van der Waals surface area contributed by atoms with Gasteiger partial charge in [0.15, 0.2) is 0 Å². The molecule has 0 fully saturated rings. The molecule has 0 aliphatic heterocycles. The van der Waals surface area contributed by atoms with Crippen molar-refractivity contribution in [3.8, 4) is 0 Å². The Morgan fingerprint density at radius 3 is 2.45 bits per heavy atom. The average Bonchev–Trinajstić information content (AvgIpc) is 2.03. The summed E-state index contributed by atoms with van der Waals surface area (Å²) in [4.78, 5) is 0. The molecule has 0 N–H and O–H groups in total. The van der Waals surface area contributed by atoms with Gasteiger partial charge in [-0.05, 0) is 26.3 Å². The molecular formula is C9H20NP. The minimum atomic E-state index is 0.646. The first-order valence-electron chi connectivity index (χ1n) is 4.38. The van der Waals surface area contributed by atoms with Gasteiger partial charge in [0.25, 0.3) is 0 Å². The van der Waals surface area contributed by atoms with E-state index in [4.69, 9.17) is 0 Å². The second-order valence-corrected chi connectivity index (χ2v) is 3.46. The molecule has 0 aromatic carbocycles. The fraction of sp³-hybridized carbons (Fsp3) is 0.778. The number of hydrogen-bond donors (Lipinski definition) is 0. The molecule has 0 aromatic rings. The van der Waals surface area contributed by atoms with E-state index in [-0.39, 0.29) is 0 Å². The second-order valence-electron chi connectivity index (χ2n) is 2.79. The molecule has 0 aliphatic carbocycles. The summed E-state index contributed by atoms with van der Waals surface area (Å²) in [6.07, 6.45) is 6.79. The lowest BCUT2D eigenvalue weighted by Gasteiger charge is -2.20. The number of allylic oxidation sites excluding steroid dienone is 1. The Morgan fingerprint density at radius 2 is 2.00 bits per heavy atom. The van der Waals surface area contributed by atoms with Gasteiger partial charge >= 0.3 is 0 Å². The molecule has 0 aliphatic rings. The Balaban J connectivity index is 3.50. The number of rotatable bonds is 5. The van der Waals surface area contributed by atoms with Crippen LogP contribution < -0.4 is 0 Å². The van der Waals surface area contributed by atoms with Crippen molar-refractivity contribution in [3.05, 3.63) is 12.2 Å². The quantitative estimate of drug-likeness (QED) is 0.456. The van der Waals surface area contributed by atoms with Crippen molar-refractivity contribution in [3.63, 3.8) is 0 Å². The van der Waals surface area contributed by atoms with E-state index in [2.05, 4.69) is 47.0 Å². The van der Waals surface area contributed by atoms with Crippen molar-refractivity contribution in [2.45, 2.75) is 39.7 Å².